The van der Waals surface area contributed by atoms with Gasteiger partial charge in [0.2, 0.25) is 0 Å². The molecular formula is C13H17FN2. The summed E-state index contributed by atoms with van der Waals surface area (Å²) in [6.07, 6.45) is 4.84. The van der Waals surface area contributed by atoms with Crippen LogP contribution in [0.15, 0.2) is 29.4 Å². The Labute approximate surface area is 95.6 Å². The second-order valence-electron chi connectivity index (χ2n) is 4.37. The topological polar surface area (TPSA) is 24.4 Å². The van der Waals surface area contributed by atoms with Gasteiger partial charge in [-0.05, 0) is 49.4 Å². The number of hydrogen-bond donors (Lipinski definition) is 1. The first-order valence-electron chi connectivity index (χ1n) is 5.84. The molecule has 1 fully saturated rings. The molecular weight excluding hydrogens is 203 g/mol. The smallest absolute Gasteiger partial charge is 0.123 e. The highest BCUT2D eigenvalue weighted by atomic mass is 19.1. The molecule has 1 aromatic rings. The van der Waals surface area contributed by atoms with Crippen molar-refractivity contribution in [3.8, 4) is 0 Å². The lowest BCUT2D eigenvalue weighted by Crippen LogP contribution is -2.17. The van der Waals surface area contributed by atoms with Crippen molar-refractivity contribution < 1.29 is 4.39 Å². The minimum absolute atomic E-state index is 0.218. The van der Waals surface area contributed by atoms with Crippen LogP contribution in [0.1, 0.15) is 32.6 Å². The second kappa shape index (κ2) is 5.10. The van der Waals surface area contributed by atoms with Gasteiger partial charge in [0.15, 0.2) is 0 Å². The van der Waals surface area contributed by atoms with E-state index < -0.39 is 0 Å². The summed E-state index contributed by atoms with van der Waals surface area (Å²) < 4.78 is 12.7. The molecule has 0 amide bonds. The number of rotatable bonds is 2. The van der Waals surface area contributed by atoms with E-state index in [4.69, 9.17) is 0 Å². The molecule has 1 aromatic carbocycles. The van der Waals surface area contributed by atoms with Crippen molar-refractivity contribution in [2.75, 3.05) is 5.43 Å². The summed E-state index contributed by atoms with van der Waals surface area (Å²) in [5, 5.41) is 4.41. The molecule has 86 valence electrons. The Bertz CT molecular complexity index is 370. The molecule has 0 aliphatic heterocycles. The van der Waals surface area contributed by atoms with Crippen LogP contribution in [0.3, 0.4) is 0 Å². The third-order valence-electron chi connectivity index (χ3n) is 3.06. The average Bonchev–Trinajstić information content (AvgIpc) is 2.30. The van der Waals surface area contributed by atoms with E-state index in [1.165, 1.54) is 37.1 Å². The van der Waals surface area contributed by atoms with Crippen molar-refractivity contribution >= 4 is 11.4 Å². The number of nitrogens with one attached hydrogen (secondary N) is 1. The molecule has 1 atom stereocenters. The fourth-order valence-corrected chi connectivity index (χ4v) is 2.00. The Balaban J connectivity index is 1.99. The molecule has 0 saturated heterocycles. The average molecular weight is 220 g/mol. The van der Waals surface area contributed by atoms with Crippen molar-refractivity contribution in [3.63, 3.8) is 0 Å². The maximum absolute atomic E-state index is 12.7. The third kappa shape index (κ3) is 2.81. The summed E-state index contributed by atoms with van der Waals surface area (Å²) >= 11 is 0. The molecule has 0 radical (unpaired) electrons. The molecule has 0 aromatic heterocycles. The lowest BCUT2D eigenvalue weighted by atomic mass is 9.89. The Morgan fingerprint density at radius 2 is 2.00 bits per heavy atom. The molecule has 1 saturated carbocycles. The summed E-state index contributed by atoms with van der Waals surface area (Å²) in [6.45, 7) is 2.21. The van der Waals surface area contributed by atoms with Crippen LogP contribution in [0.5, 0.6) is 0 Å². The molecule has 0 unspecified atom stereocenters. The van der Waals surface area contributed by atoms with E-state index in [0.29, 0.717) is 5.92 Å². The summed E-state index contributed by atoms with van der Waals surface area (Å²) in [4.78, 5) is 0. The quantitative estimate of drug-likeness (QED) is 0.753. The molecule has 3 heteroatoms. The highest BCUT2D eigenvalue weighted by Gasteiger charge is 2.15. The van der Waals surface area contributed by atoms with Gasteiger partial charge in [-0.15, -0.1) is 0 Å². The highest BCUT2D eigenvalue weighted by Crippen LogP contribution is 2.21. The molecule has 0 bridgehead atoms. The molecule has 0 heterocycles. The zero-order valence-corrected chi connectivity index (χ0v) is 9.54. The molecule has 1 aliphatic rings. The Hall–Kier alpha value is -1.38. The van der Waals surface area contributed by atoms with Gasteiger partial charge in [0.05, 0.1) is 5.69 Å². The fourth-order valence-electron chi connectivity index (χ4n) is 2.00. The van der Waals surface area contributed by atoms with Gasteiger partial charge >= 0.3 is 0 Å². The van der Waals surface area contributed by atoms with E-state index in [1.807, 2.05) is 0 Å². The predicted octanol–water partition coefficient (Wildman–Crippen LogP) is 3.80. The van der Waals surface area contributed by atoms with Gasteiger partial charge in [-0.2, -0.15) is 5.10 Å². The summed E-state index contributed by atoms with van der Waals surface area (Å²) in [5.74, 6) is 0.353. The van der Waals surface area contributed by atoms with Gasteiger partial charge in [0.1, 0.15) is 5.82 Å². The van der Waals surface area contributed by atoms with Gasteiger partial charge in [0, 0.05) is 5.71 Å². The fraction of sp³-hybridized carbons (Fsp3) is 0.462. The summed E-state index contributed by atoms with van der Waals surface area (Å²) in [5.41, 5.74) is 5.06. The van der Waals surface area contributed by atoms with Crippen molar-refractivity contribution in [2.24, 2.45) is 11.0 Å². The maximum atomic E-state index is 12.7. The van der Waals surface area contributed by atoms with E-state index in [2.05, 4.69) is 17.5 Å². The number of benzene rings is 1. The lowest BCUT2D eigenvalue weighted by molar-refractivity contribution is 0.558. The highest BCUT2D eigenvalue weighted by molar-refractivity contribution is 5.87. The van der Waals surface area contributed by atoms with Gasteiger partial charge in [-0.1, -0.05) is 13.3 Å². The zero-order valence-electron chi connectivity index (χ0n) is 9.54. The summed E-state index contributed by atoms with van der Waals surface area (Å²) in [7, 11) is 0. The Morgan fingerprint density at radius 1 is 1.25 bits per heavy atom. The molecule has 2 nitrogen and oxygen atoms in total. The molecule has 1 aliphatic carbocycles. The van der Waals surface area contributed by atoms with E-state index in [-0.39, 0.29) is 5.82 Å². The molecule has 1 N–H and O–H groups in total. The third-order valence-corrected chi connectivity index (χ3v) is 3.06. The molecule has 0 spiro atoms. The second-order valence-corrected chi connectivity index (χ2v) is 4.37. The number of hydrogen-bond acceptors (Lipinski definition) is 2. The van der Waals surface area contributed by atoms with Crippen molar-refractivity contribution in [1.82, 2.24) is 0 Å². The Kier molecular flexibility index (Phi) is 3.54. The first-order valence-corrected chi connectivity index (χ1v) is 5.84. The monoisotopic (exact) mass is 220 g/mol. The first-order chi connectivity index (χ1) is 7.75. The van der Waals surface area contributed by atoms with Gasteiger partial charge in [-0.25, -0.2) is 4.39 Å². The number of anilines is 1. The zero-order chi connectivity index (χ0) is 11.4. The maximum Gasteiger partial charge on any atom is 0.123 e. The van der Waals surface area contributed by atoms with Crippen molar-refractivity contribution in [2.45, 2.75) is 32.6 Å². The van der Waals surface area contributed by atoms with Gasteiger partial charge < -0.3 is 0 Å². The number of nitrogens with zero attached hydrogens (tertiary/aromatic N) is 1. The van der Waals surface area contributed by atoms with E-state index in [9.17, 15) is 4.39 Å². The van der Waals surface area contributed by atoms with Crippen LogP contribution in [0.4, 0.5) is 10.1 Å². The SMILES string of the molecule is C[C@H]1CCCC/C1=N/Nc1ccc(F)cc1. The molecule has 2 rings (SSSR count). The van der Waals surface area contributed by atoms with Crippen molar-refractivity contribution in [3.05, 3.63) is 30.1 Å². The summed E-state index contributed by atoms with van der Waals surface area (Å²) in [6, 6.07) is 6.28. The number of hydrazone groups is 1. The van der Waals surface area contributed by atoms with Crippen LogP contribution in [-0.2, 0) is 0 Å². The standard InChI is InChI=1S/C13H17FN2/c1-10-4-2-3-5-13(10)16-15-12-8-6-11(14)7-9-12/h6-10,15H,2-5H2,1H3/b16-13-/t10-/m0/s1. The van der Waals surface area contributed by atoms with Crippen LogP contribution in [-0.4, -0.2) is 5.71 Å². The van der Waals surface area contributed by atoms with Crippen molar-refractivity contribution in [1.29, 1.82) is 0 Å². The van der Waals surface area contributed by atoms with Crippen LogP contribution >= 0.6 is 0 Å². The minimum atomic E-state index is -0.218. The first kappa shape index (κ1) is 11.1. The normalized spacial score (nSPS) is 23.4. The van der Waals surface area contributed by atoms with E-state index in [1.54, 1.807) is 12.1 Å². The van der Waals surface area contributed by atoms with Gasteiger partial charge in [-0.3, -0.25) is 5.43 Å². The predicted molar refractivity (Wildman–Crippen MR) is 65.1 cm³/mol. The van der Waals surface area contributed by atoms with Gasteiger partial charge in [0.25, 0.3) is 0 Å². The molecule has 16 heavy (non-hydrogen) atoms. The van der Waals surface area contributed by atoms with Crippen LogP contribution in [0, 0.1) is 11.7 Å². The van der Waals surface area contributed by atoms with Crippen LogP contribution in [0.25, 0.3) is 0 Å². The lowest BCUT2D eigenvalue weighted by Gasteiger charge is -2.20. The van der Waals surface area contributed by atoms with E-state index >= 15 is 0 Å². The Morgan fingerprint density at radius 3 is 2.69 bits per heavy atom. The van der Waals surface area contributed by atoms with Crippen LogP contribution in [0.2, 0.25) is 0 Å². The van der Waals surface area contributed by atoms with E-state index in [0.717, 1.165) is 12.1 Å². The minimum Gasteiger partial charge on any atom is -0.279 e. The van der Waals surface area contributed by atoms with Crippen LogP contribution < -0.4 is 5.43 Å². The largest absolute Gasteiger partial charge is 0.279 e. The number of halogens is 1.